The highest BCUT2D eigenvalue weighted by molar-refractivity contribution is 5.75. The van der Waals surface area contributed by atoms with Crippen LogP contribution in [0.4, 0.5) is 0 Å². The Morgan fingerprint density at radius 3 is 2.62 bits per heavy atom. The van der Waals surface area contributed by atoms with E-state index >= 15 is 0 Å². The van der Waals surface area contributed by atoms with Crippen LogP contribution in [0, 0.1) is 6.92 Å². The Balaban J connectivity index is 2.97. The zero-order valence-corrected chi connectivity index (χ0v) is 9.13. The van der Waals surface area contributed by atoms with Gasteiger partial charge < -0.3 is 15.3 Å². The molecule has 0 aliphatic heterocycles. The molecule has 2 atom stereocenters. The van der Waals surface area contributed by atoms with Crippen molar-refractivity contribution in [1.29, 1.82) is 0 Å². The van der Waals surface area contributed by atoms with Crippen molar-refractivity contribution in [3.63, 3.8) is 0 Å². The van der Waals surface area contributed by atoms with Crippen molar-refractivity contribution < 1.29 is 20.1 Å². The van der Waals surface area contributed by atoms with Crippen molar-refractivity contribution in [3.8, 4) is 0 Å². The molecule has 0 saturated carbocycles. The van der Waals surface area contributed by atoms with E-state index in [9.17, 15) is 15.0 Å². The Kier molecular flexibility index (Phi) is 4.61. The Labute approximate surface area is 94.2 Å². The predicted octanol–water partition coefficient (Wildman–Crippen LogP) is 0.584. The average Bonchev–Trinajstić information content (AvgIpc) is 2.29. The lowest BCUT2D eigenvalue weighted by atomic mass is 9.96. The number of aryl methyl sites for hydroxylation is 1. The second-order valence-electron chi connectivity index (χ2n) is 3.76. The van der Waals surface area contributed by atoms with Crippen molar-refractivity contribution in [2.75, 3.05) is 6.61 Å². The molecule has 2 unspecified atom stereocenters. The van der Waals surface area contributed by atoms with E-state index in [-0.39, 0.29) is 13.0 Å². The lowest BCUT2D eigenvalue weighted by molar-refractivity contribution is 0.00386. The summed E-state index contributed by atoms with van der Waals surface area (Å²) in [5, 5.41) is 28.1. The van der Waals surface area contributed by atoms with E-state index in [1.807, 2.05) is 0 Å². The van der Waals surface area contributed by atoms with Gasteiger partial charge in [-0.05, 0) is 30.5 Å². The highest BCUT2D eigenvalue weighted by Gasteiger charge is 2.19. The molecule has 88 valence electrons. The first-order valence-corrected chi connectivity index (χ1v) is 5.13. The van der Waals surface area contributed by atoms with Gasteiger partial charge in [0.05, 0.1) is 6.10 Å². The van der Waals surface area contributed by atoms with E-state index in [1.54, 1.807) is 25.1 Å². The van der Waals surface area contributed by atoms with Crippen LogP contribution in [-0.2, 0) is 0 Å². The highest BCUT2D eigenvalue weighted by Crippen LogP contribution is 2.23. The van der Waals surface area contributed by atoms with Crippen molar-refractivity contribution in [3.05, 3.63) is 34.9 Å². The number of aliphatic hydroxyl groups excluding tert-OH is 3. The molecule has 16 heavy (non-hydrogen) atoms. The second-order valence-corrected chi connectivity index (χ2v) is 3.76. The third-order valence-corrected chi connectivity index (χ3v) is 2.55. The lowest BCUT2D eigenvalue weighted by Crippen LogP contribution is -2.20. The topological polar surface area (TPSA) is 77.8 Å². The first kappa shape index (κ1) is 12.8. The van der Waals surface area contributed by atoms with Crippen LogP contribution in [0.5, 0.6) is 0 Å². The Bertz CT molecular complexity index is 362. The minimum Gasteiger partial charge on any atom is -0.396 e. The lowest BCUT2D eigenvalue weighted by Gasteiger charge is -2.19. The normalized spacial score (nSPS) is 14.5. The van der Waals surface area contributed by atoms with Crippen LogP contribution in [0.3, 0.4) is 0 Å². The number of hydrogen-bond acceptors (Lipinski definition) is 4. The van der Waals surface area contributed by atoms with Crippen molar-refractivity contribution in [2.24, 2.45) is 0 Å². The van der Waals surface area contributed by atoms with Crippen molar-refractivity contribution >= 4 is 6.29 Å². The van der Waals surface area contributed by atoms with Gasteiger partial charge in [-0.25, -0.2) is 0 Å². The summed E-state index contributed by atoms with van der Waals surface area (Å²) in [6, 6.07) is 4.92. The summed E-state index contributed by atoms with van der Waals surface area (Å²) in [6.45, 7) is 1.60. The molecule has 0 radical (unpaired) electrons. The fourth-order valence-electron chi connectivity index (χ4n) is 1.55. The molecule has 3 N–H and O–H groups in total. The molecule has 1 aromatic carbocycles. The fourth-order valence-corrected chi connectivity index (χ4v) is 1.55. The molecule has 0 aliphatic carbocycles. The van der Waals surface area contributed by atoms with Gasteiger partial charge in [0.2, 0.25) is 0 Å². The maximum atomic E-state index is 10.6. The smallest absolute Gasteiger partial charge is 0.150 e. The largest absolute Gasteiger partial charge is 0.396 e. The van der Waals surface area contributed by atoms with Crippen LogP contribution < -0.4 is 0 Å². The molecule has 0 aliphatic rings. The molecule has 0 heterocycles. The number of rotatable bonds is 5. The molecule has 0 aromatic heterocycles. The summed E-state index contributed by atoms with van der Waals surface area (Å²) >= 11 is 0. The van der Waals surface area contributed by atoms with Gasteiger partial charge >= 0.3 is 0 Å². The zero-order chi connectivity index (χ0) is 12.1. The minimum atomic E-state index is -1.08. The predicted molar refractivity (Wildman–Crippen MR) is 59.2 cm³/mol. The van der Waals surface area contributed by atoms with Gasteiger partial charge in [0.15, 0.2) is 0 Å². The number of hydrogen-bond donors (Lipinski definition) is 3. The number of aliphatic hydroxyl groups is 3. The van der Waals surface area contributed by atoms with Gasteiger partial charge in [-0.1, -0.05) is 12.1 Å². The van der Waals surface area contributed by atoms with Gasteiger partial charge in [-0.15, -0.1) is 0 Å². The van der Waals surface area contributed by atoms with Gasteiger partial charge in [-0.3, -0.25) is 4.79 Å². The number of carbonyl (C=O) groups is 1. The van der Waals surface area contributed by atoms with E-state index in [0.717, 1.165) is 5.56 Å². The molecule has 4 heteroatoms. The minimum absolute atomic E-state index is 0.103. The van der Waals surface area contributed by atoms with E-state index < -0.39 is 12.2 Å². The summed E-state index contributed by atoms with van der Waals surface area (Å²) in [5.74, 6) is 0. The quantitative estimate of drug-likeness (QED) is 0.639. The monoisotopic (exact) mass is 224 g/mol. The zero-order valence-electron chi connectivity index (χ0n) is 9.13. The molecule has 0 amide bonds. The Morgan fingerprint density at radius 2 is 2.06 bits per heavy atom. The van der Waals surface area contributed by atoms with Crippen molar-refractivity contribution in [1.82, 2.24) is 0 Å². The fraction of sp³-hybridized carbons (Fsp3) is 0.417. The third kappa shape index (κ3) is 2.88. The maximum Gasteiger partial charge on any atom is 0.150 e. The molecule has 1 rings (SSSR count). The second kappa shape index (κ2) is 5.75. The van der Waals surface area contributed by atoms with Crippen LogP contribution in [0.1, 0.15) is 34.0 Å². The molecule has 0 saturated heterocycles. The first-order valence-electron chi connectivity index (χ1n) is 5.13. The average molecular weight is 224 g/mol. The maximum absolute atomic E-state index is 10.6. The van der Waals surface area contributed by atoms with Gasteiger partial charge in [0.1, 0.15) is 12.4 Å². The molecular weight excluding hydrogens is 208 g/mol. The molecule has 0 bridgehead atoms. The number of carbonyl (C=O) groups excluding carboxylic acids is 1. The molecular formula is C12H16O4. The van der Waals surface area contributed by atoms with Crippen molar-refractivity contribution in [2.45, 2.75) is 25.6 Å². The van der Waals surface area contributed by atoms with E-state index in [2.05, 4.69) is 0 Å². The van der Waals surface area contributed by atoms with Gasteiger partial charge in [-0.2, -0.15) is 0 Å². The molecule has 0 spiro atoms. The number of benzene rings is 1. The van der Waals surface area contributed by atoms with Gasteiger partial charge in [0, 0.05) is 12.2 Å². The van der Waals surface area contributed by atoms with E-state index in [1.165, 1.54) is 0 Å². The number of aldehydes is 1. The first-order chi connectivity index (χ1) is 7.60. The summed E-state index contributed by atoms with van der Waals surface area (Å²) < 4.78 is 0. The third-order valence-electron chi connectivity index (χ3n) is 2.55. The SMILES string of the molecule is Cc1ccc(C=O)cc1C(O)C(O)CCO. The van der Waals surface area contributed by atoms with E-state index in [0.29, 0.717) is 17.4 Å². The highest BCUT2D eigenvalue weighted by atomic mass is 16.3. The molecule has 4 nitrogen and oxygen atoms in total. The summed E-state index contributed by atoms with van der Waals surface area (Å²) in [4.78, 5) is 10.6. The van der Waals surface area contributed by atoms with Crippen LogP contribution >= 0.6 is 0 Å². The Morgan fingerprint density at radius 1 is 1.38 bits per heavy atom. The van der Waals surface area contributed by atoms with Crippen LogP contribution in [0.2, 0.25) is 0 Å². The van der Waals surface area contributed by atoms with Crippen LogP contribution in [-0.4, -0.2) is 34.3 Å². The summed E-state index contributed by atoms with van der Waals surface area (Å²) in [5.41, 5.74) is 1.77. The molecule has 1 aromatic rings. The van der Waals surface area contributed by atoms with Crippen LogP contribution in [0.25, 0.3) is 0 Å². The van der Waals surface area contributed by atoms with E-state index in [4.69, 9.17) is 5.11 Å². The Hall–Kier alpha value is -1.23. The van der Waals surface area contributed by atoms with Gasteiger partial charge in [0.25, 0.3) is 0 Å². The molecule has 0 fully saturated rings. The summed E-state index contributed by atoms with van der Waals surface area (Å²) in [7, 11) is 0. The standard InChI is InChI=1S/C12H16O4/c1-8-2-3-9(7-14)6-10(8)12(16)11(15)4-5-13/h2-3,6-7,11-13,15-16H,4-5H2,1H3. The van der Waals surface area contributed by atoms with Crippen LogP contribution in [0.15, 0.2) is 18.2 Å². The summed E-state index contributed by atoms with van der Waals surface area (Å²) in [6.07, 6.45) is -1.31.